The highest BCUT2D eigenvalue weighted by molar-refractivity contribution is 5.95. The van der Waals surface area contributed by atoms with Crippen LogP contribution in [-0.2, 0) is 0 Å². The fourth-order valence-electron chi connectivity index (χ4n) is 3.25. The second kappa shape index (κ2) is 6.89. The number of carboxylic acid groups (broad SMARTS) is 1. The minimum absolute atomic E-state index is 0.00420. The molecule has 5 nitrogen and oxygen atoms in total. The number of anilines is 1. The molecule has 116 valence electrons. The van der Waals surface area contributed by atoms with Crippen molar-refractivity contribution in [3.8, 4) is 0 Å². The molecule has 1 saturated carbocycles. The molecule has 5 heteroatoms. The zero-order chi connectivity index (χ0) is 15.4. The van der Waals surface area contributed by atoms with Crippen molar-refractivity contribution in [2.75, 3.05) is 18.1 Å². The summed E-state index contributed by atoms with van der Waals surface area (Å²) in [5.41, 5.74) is 1.80. The summed E-state index contributed by atoms with van der Waals surface area (Å²) >= 11 is 0. The van der Waals surface area contributed by atoms with E-state index in [1.54, 1.807) is 13.0 Å². The van der Waals surface area contributed by atoms with E-state index in [9.17, 15) is 15.0 Å². The Balaban J connectivity index is 2.45. The molecular formula is C16H24N2O3. The SMILES string of the molecule is Cc1cc(C)c(C(=O)O)c(N(CCO)C2CCCCC2)n1. The van der Waals surface area contributed by atoms with E-state index < -0.39 is 5.97 Å². The van der Waals surface area contributed by atoms with Gasteiger partial charge in [0.25, 0.3) is 0 Å². The smallest absolute Gasteiger partial charge is 0.339 e. The van der Waals surface area contributed by atoms with E-state index in [2.05, 4.69) is 4.98 Å². The summed E-state index contributed by atoms with van der Waals surface area (Å²) in [4.78, 5) is 18.1. The maximum Gasteiger partial charge on any atom is 0.339 e. The Bertz CT molecular complexity index is 510. The predicted molar refractivity (Wildman–Crippen MR) is 82.0 cm³/mol. The molecule has 1 aromatic rings. The molecule has 1 aliphatic carbocycles. The first-order valence-electron chi connectivity index (χ1n) is 7.63. The van der Waals surface area contributed by atoms with E-state index in [-0.39, 0.29) is 18.2 Å². The molecule has 0 bridgehead atoms. The lowest BCUT2D eigenvalue weighted by molar-refractivity contribution is 0.0696. The zero-order valence-electron chi connectivity index (χ0n) is 12.8. The van der Waals surface area contributed by atoms with Crippen molar-refractivity contribution >= 4 is 11.8 Å². The molecular weight excluding hydrogens is 268 g/mol. The summed E-state index contributed by atoms with van der Waals surface area (Å²) in [5.74, 6) is -0.435. The van der Waals surface area contributed by atoms with Crippen LogP contribution < -0.4 is 4.90 Å². The highest BCUT2D eigenvalue weighted by Crippen LogP contribution is 2.30. The molecule has 1 fully saturated rings. The van der Waals surface area contributed by atoms with Gasteiger partial charge in [-0.3, -0.25) is 0 Å². The number of nitrogens with zero attached hydrogens (tertiary/aromatic N) is 2. The van der Waals surface area contributed by atoms with Crippen LogP contribution in [0.3, 0.4) is 0 Å². The Morgan fingerprint density at radius 3 is 2.57 bits per heavy atom. The van der Waals surface area contributed by atoms with Gasteiger partial charge in [-0.15, -0.1) is 0 Å². The number of hydrogen-bond acceptors (Lipinski definition) is 4. The molecule has 0 unspecified atom stereocenters. The number of aryl methyl sites for hydroxylation is 2. The molecule has 0 amide bonds. The molecule has 0 atom stereocenters. The monoisotopic (exact) mass is 292 g/mol. The van der Waals surface area contributed by atoms with Gasteiger partial charge in [0.1, 0.15) is 11.4 Å². The summed E-state index contributed by atoms with van der Waals surface area (Å²) in [6, 6.07) is 2.07. The fraction of sp³-hybridized carbons (Fsp3) is 0.625. The number of pyridine rings is 1. The number of carbonyl (C=O) groups is 1. The van der Waals surface area contributed by atoms with Gasteiger partial charge >= 0.3 is 5.97 Å². The summed E-state index contributed by atoms with van der Waals surface area (Å²) in [6.07, 6.45) is 5.61. The molecule has 1 heterocycles. The Labute approximate surface area is 125 Å². The number of aromatic carboxylic acids is 1. The summed E-state index contributed by atoms with van der Waals surface area (Å²) in [5, 5.41) is 18.9. The van der Waals surface area contributed by atoms with Gasteiger partial charge in [0.15, 0.2) is 0 Å². The first-order chi connectivity index (χ1) is 10.0. The van der Waals surface area contributed by atoms with Crippen molar-refractivity contribution < 1.29 is 15.0 Å². The number of aliphatic hydroxyl groups excluding tert-OH is 1. The molecule has 1 aliphatic rings. The predicted octanol–water partition coefficient (Wildman–Crippen LogP) is 2.53. The van der Waals surface area contributed by atoms with Gasteiger partial charge in [-0.2, -0.15) is 0 Å². The van der Waals surface area contributed by atoms with Crippen molar-refractivity contribution in [3.63, 3.8) is 0 Å². The van der Waals surface area contributed by atoms with Crippen molar-refractivity contribution in [2.24, 2.45) is 0 Å². The molecule has 2 rings (SSSR count). The Kier molecular flexibility index (Phi) is 5.17. The minimum atomic E-state index is -0.950. The van der Waals surface area contributed by atoms with Crippen LogP contribution in [0.25, 0.3) is 0 Å². The van der Waals surface area contributed by atoms with Gasteiger partial charge in [0.05, 0.1) is 6.61 Å². The number of hydrogen-bond donors (Lipinski definition) is 2. The van der Waals surface area contributed by atoms with Gasteiger partial charge in [-0.1, -0.05) is 19.3 Å². The van der Waals surface area contributed by atoms with Gasteiger partial charge in [-0.25, -0.2) is 9.78 Å². The third kappa shape index (κ3) is 3.53. The third-order valence-electron chi connectivity index (χ3n) is 4.17. The Hall–Kier alpha value is -1.62. The molecule has 0 aromatic carbocycles. The van der Waals surface area contributed by atoms with Gasteiger partial charge in [0, 0.05) is 18.3 Å². The highest BCUT2D eigenvalue weighted by Gasteiger charge is 2.27. The molecule has 0 spiro atoms. The lowest BCUT2D eigenvalue weighted by Crippen LogP contribution is -2.40. The quantitative estimate of drug-likeness (QED) is 0.872. The van der Waals surface area contributed by atoms with Crippen LogP contribution in [0.5, 0.6) is 0 Å². The second-order valence-electron chi connectivity index (χ2n) is 5.79. The largest absolute Gasteiger partial charge is 0.478 e. The normalized spacial score (nSPS) is 16.0. The van der Waals surface area contributed by atoms with E-state index in [0.717, 1.165) is 36.9 Å². The standard InChI is InChI=1S/C16H24N2O3/c1-11-10-12(2)17-15(14(11)16(20)21)18(8-9-19)13-6-4-3-5-7-13/h10,13,19H,3-9H2,1-2H3,(H,20,21). The summed E-state index contributed by atoms with van der Waals surface area (Å²) in [7, 11) is 0. The van der Waals surface area contributed by atoms with Gasteiger partial charge in [0.2, 0.25) is 0 Å². The van der Waals surface area contributed by atoms with Crippen LogP contribution in [0.15, 0.2) is 6.07 Å². The summed E-state index contributed by atoms with van der Waals surface area (Å²) < 4.78 is 0. The maximum atomic E-state index is 11.6. The van der Waals surface area contributed by atoms with E-state index in [0.29, 0.717) is 12.4 Å². The Morgan fingerprint density at radius 1 is 1.33 bits per heavy atom. The number of aliphatic hydroxyl groups is 1. The van der Waals surface area contributed by atoms with Crippen molar-refractivity contribution in [1.82, 2.24) is 4.98 Å². The average Bonchev–Trinajstić information content (AvgIpc) is 2.44. The van der Waals surface area contributed by atoms with E-state index in [1.165, 1.54) is 6.42 Å². The molecule has 0 aliphatic heterocycles. The second-order valence-corrected chi connectivity index (χ2v) is 5.79. The van der Waals surface area contributed by atoms with Gasteiger partial charge < -0.3 is 15.1 Å². The van der Waals surface area contributed by atoms with Crippen molar-refractivity contribution in [3.05, 3.63) is 22.9 Å². The molecule has 0 radical (unpaired) electrons. The van der Waals surface area contributed by atoms with Crippen LogP contribution in [0.4, 0.5) is 5.82 Å². The van der Waals surface area contributed by atoms with Crippen LogP contribution in [0.1, 0.15) is 53.7 Å². The van der Waals surface area contributed by atoms with E-state index in [4.69, 9.17) is 0 Å². The lowest BCUT2D eigenvalue weighted by Gasteiger charge is -2.36. The minimum Gasteiger partial charge on any atom is -0.478 e. The lowest BCUT2D eigenvalue weighted by atomic mass is 9.93. The van der Waals surface area contributed by atoms with Crippen molar-refractivity contribution in [1.29, 1.82) is 0 Å². The van der Waals surface area contributed by atoms with Crippen LogP contribution in [0.2, 0.25) is 0 Å². The molecule has 2 N–H and O–H groups in total. The van der Waals surface area contributed by atoms with E-state index >= 15 is 0 Å². The Morgan fingerprint density at radius 2 is 2.00 bits per heavy atom. The molecule has 0 saturated heterocycles. The highest BCUT2D eigenvalue weighted by atomic mass is 16.4. The number of aromatic nitrogens is 1. The third-order valence-corrected chi connectivity index (χ3v) is 4.17. The van der Waals surface area contributed by atoms with Gasteiger partial charge in [-0.05, 0) is 38.3 Å². The number of carboxylic acids is 1. The van der Waals surface area contributed by atoms with Crippen LogP contribution in [0, 0.1) is 13.8 Å². The first-order valence-corrected chi connectivity index (χ1v) is 7.63. The molecule has 1 aromatic heterocycles. The van der Waals surface area contributed by atoms with E-state index in [1.807, 2.05) is 11.8 Å². The van der Waals surface area contributed by atoms with Crippen molar-refractivity contribution in [2.45, 2.75) is 52.0 Å². The maximum absolute atomic E-state index is 11.6. The number of rotatable bonds is 5. The average molecular weight is 292 g/mol. The first kappa shape index (κ1) is 15.8. The topological polar surface area (TPSA) is 73.7 Å². The molecule has 21 heavy (non-hydrogen) atoms. The van der Waals surface area contributed by atoms with Crippen LogP contribution >= 0.6 is 0 Å². The fourth-order valence-corrected chi connectivity index (χ4v) is 3.25. The summed E-state index contributed by atoms with van der Waals surface area (Å²) in [6.45, 7) is 4.12. The van der Waals surface area contributed by atoms with Crippen LogP contribution in [-0.4, -0.2) is 40.4 Å². The zero-order valence-corrected chi connectivity index (χ0v) is 12.8.